The second-order valence-corrected chi connectivity index (χ2v) is 5.85. The largest absolute Gasteiger partial charge is 0.342 e. The van der Waals surface area contributed by atoms with Gasteiger partial charge in [0.15, 0.2) is 5.69 Å². The zero-order chi connectivity index (χ0) is 18.6. The molecule has 0 saturated heterocycles. The van der Waals surface area contributed by atoms with Gasteiger partial charge in [0, 0.05) is 30.0 Å². The highest BCUT2D eigenvalue weighted by Gasteiger charge is 2.12. The molecule has 4 rings (SSSR count). The van der Waals surface area contributed by atoms with E-state index in [0.29, 0.717) is 5.69 Å². The highest BCUT2D eigenvalue weighted by Crippen LogP contribution is 2.13. The minimum Gasteiger partial charge on any atom is -0.342 e. The van der Waals surface area contributed by atoms with Gasteiger partial charge in [-0.3, -0.25) is 9.59 Å². The van der Waals surface area contributed by atoms with Crippen LogP contribution < -0.4 is 10.6 Å². The Morgan fingerprint density at radius 1 is 1.04 bits per heavy atom. The topological polar surface area (TPSA) is 93.3 Å². The molecule has 8 heteroatoms. The molecule has 8 nitrogen and oxygen atoms in total. The molecule has 134 valence electrons. The molecule has 0 aliphatic carbocycles. The molecule has 0 unspecified atom stereocenters. The molecule has 27 heavy (non-hydrogen) atoms. The number of aromatic nitrogens is 4. The molecule has 1 aromatic carbocycles. The predicted octanol–water partition coefficient (Wildman–Crippen LogP) is 1.89. The summed E-state index contributed by atoms with van der Waals surface area (Å²) in [6.07, 6.45) is 6.98. The number of rotatable bonds is 5. The van der Waals surface area contributed by atoms with E-state index >= 15 is 0 Å². The minimum absolute atomic E-state index is 0.143. The Labute approximate surface area is 154 Å². The summed E-state index contributed by atoms with van der Waals surface area (Å²) in [4.78, 5) is 28.2. The van der Waals surface area contributed by atoms with E-state index in [-0.39, 0.29) is 18.1 Å². The number of imidazole rings is 1. The number of hydrogen-bond acceptors (Lipinski definition) is 4. The van der Waals surface area contributed by atoms with Crippen LogP contribution in [0, 0.1) is 0 Å². The van der Waals surface area contributed by atoms with Crippen LogP contribution in [0.3, 0.4) is 0 Å². The van der Waals surface area contributed by atoms with Gasteiger partial charge in [-0.05, 0) is 42.5 Å². The molecule has 2 N–H and O–H groups in total. The number of anilines is 1. The molecule has 0 spiro atoms. The number of nitrogens with zero attached hydrogens (tertiary/aromatic N) is 4. The van der Waals surface area contributed by atoms with Crippen molar-refractivity contribution in [2.75, 3.05) is 11.9 Å². The van der Waals surface area contributed by atoms with Gasteiger partial charge in [0.2, 0.25) is 5.91 Å². The fourth-order valence-electron chi connectivity index (χ4n) is 2.63. The predicted molar refractivity (Wildman–Crippen MR) is 99.7 cm³/mol. The van der Waals surface area contributed by atoms with Gasteiger partial charge in [-0.2, -0.15) is 5.10 Å². The Morgan fingerprint density at radius 2 is 1.89 bits per heavy atom. The van der Waals surface area contributed by atoms with Gasteiger partial charge in [-0.1, -0.05) is 6.07 Å². The van der Waals surface area contributed by atoms with Crippen LogP contribution in [0.1, 0.15) is 10.5 Å². The van der Waals surface area contributed by atoms with E-state index in [4.69, 9.17) is 0 Å². The Balaban J connectivity index is 1.33. The summed E-state index contributed by atoms with van der Waals surface area (Å²) in [7, 11) is 0. The second kappa shape index (κ2) is 7.12. The summed E-state index contributed by atoms with van der Waals surface area (Å²) in [6, 6.07) is 14.5. The van der Waals surface area contributed by atoms with Crippen molar-refractivity contribution in [3.05, 3.63) is 79.1 Å². The molecular weight excluding hydrogens is 344 g/mol. The molecule has 0 radical (unpaired) electrons. The van der Waals surface area contributed by atoms with Gasteiger partial charge in [0.25, 0.3) is 5.91 Å². The van der Waals surface area contributed by atoms with Crippen LogP contribution in [-0.2, 0) is 4.79 Å². The van der Waals surface area contributed by atoms with E-state index in [9.17, 15) is 9.59 Å². The zero-order valence-electron chi connectivity index (χ0n) is 14.2. The number of carbonyl (C=O) groups is 2. The smallest absolute Gasteiger partial charge is 0.272 e. The SMILES string of the molecule is O=C(CNC(=O)c1cc2ccccn2n1)Nc1ccc(-n2ccnc2)cc1. The van der Waals surface area contributed by atoms with E-state index in [1.807, 2.05) is 41.1 Å². The number of hydrogen-bond donors (Lipinski definition) is 2. The van der Waals surface area contributed by atoms with Crippen LogP contribution in [0.5, 0.6) is 0 Å². The summed E-state index contributed by atoms with van der Waals surface area (Å²) in [5, 5.41) is 9.49. The quantitative estimate of drug-likeness (QED) is 0.568. The van der Waals surface area contributed by atoms with Crippen molar-refractivity contribution < 1.29 is 9.59 Å². The van der Waals surface area contributed by atoms with E-state index in [1.54, 1.807) is 41.4 Å². The van der Waals surface area contributed by atoms with Crippen molar-refractivity contribution in [3.63, 3.8) is 0 Å². The van der Waals surface area contributed by atoms with Crippen molar-refractivity contribution in [3.8, 4) is 5.69 Å². The fraction of sp³-hybridized carbons (Fsp3) is 0.0526. The summed E-state index contributed by atoms with van der Waals surface area (Å²) in [5.41, 5.74) is 2.65. The molecule has 0 bridgehead atoms. The molecule has 3 heterocycles. The van der Waals surface area contributed by atoms with Crippen molar-refractivity contribution in [1.82, 2.24) is 24.5 Å². The third-order valence-corrected chi connectivity index (χ3v) is 3.97. The molecular formula is C19H16N6O2. The standard InChI is InChI=1S/C19H16N6O2/c26-18(22-14-4-6-15(7-5-14)24-10-8-20-13-24)12-21-19(27)17-11-16-3-1-2-9-25(16)23-17/h1-11,13H,12H2,(H,21,27)(H,22,26). The first kappa shape index (κ1) is 16.5. The summed E-state index contributed by atoms with van der Waals surface area (Å²) in [6.45, 7) is -0.143. The second-order valence-electron chi connectivity index (χ2n) is 5.85. The lowest BCUT2D eigenvalue weighted by molar-refractivity contribution is -0.115. The van der Waals surface area contributed by atoms with E-state index in [1.165, 1.54) is 0 Å². The van der Waals surface area contributed by atoms with E-state index in [0.717, 1.165) is 11.2 Å². The van der Waals surface area contributed by atoms with Crippen LogP contribution in [-0.4, -0.2) is 37.5 Å². The lowest BCUT2D eigenvalue weighted by atomic mass is 10.2. The van der Waals surface area contributed by atoms with Gasteiger partial charge >= 0.3 is 0 Å². The van der Waals surface area contributed by atoms with Crippen LogP contribution >= 0.6 is 0 Å². The molecule has 0 saturated carbocycles. The van der Waals surface area contributed by atoms with Crippen LogP contribution in [0.15, 0.2) is 73.4 Å². The first-order chi connectivity index (χ1) is 13.2. The monoisotopic (exact) mass is 360 g/mol. The summed E-state index contributed by atoms with van der Waals surface area (Å²) < 4.78 is 3.47. The number of fused-ring (bicyclic) bond motifs is 1. The lowest BCUT2D eigenvalue weighted by Gasteiger charge is -2.07. The zero-order valence-corrected chi connectivity index (χ0v) is 14.2. The van der Waals surface area contributed by atoms with Crippen LogP contribution in [0.4, 0.5) is 5.69 Å². The number of carbonyl (C=O) groups excluding carboxylic acids is 2. The van der Waals surface area contributed by atoms with Crippen molar-refractivity contribution in [1.29, 1.82) is 0 Å². The first-order valence-electron chi connectivity index (χ1n) is 8.30. The number of benzene rings is 1. The van der Waals surface area contributed by atoms with Crippen molar-refractivity contribution in [2.45, 2.75) is 0 Å². The number of nitrogens with one attached hydrogen (secondary N) is 2. The van der Waals surface area contributed by atoms with Gasteiger partial charge in [0.1, 0.15) is 0 Å². The Kier molecular flexibility index (Phi) is 4.36. The van der Waals surface area contributed by atoms with Crippen LogP contribution in [0.2, 0.25) is 0 Å². The third kappa shape index (κ3) is 3.69. The Hall–Kier alpha value is -3.94. The van der Waals surface area contributed by atoms with Crippen molar-refractivity contribution in [2.24, 2.45) is 0 Å². The van der Waals surface area contributed by atoms with Gasteiger partial charge < -0.3 is 15.2 Å². The Morgan fingerprint density at radius 3 is 2.63 bits per heavy atom. The maximum Gasteiger partial charge on any atom is 0.272 e. The molecule has 2 amide bonds. The Bertz CT molecular complexity index is 1050. The van der Waals surface area contributed by atoms with Gasteiger partial charge in [0.05, 0.1) is 18.4 Å². The normalized spacial score (nSPS) is 10.7. The lowest BCUT2D eigenvalue weighted by Crippen LogP contribution is -2.33. The molecule has 0 atom stereocenters. The average molecular weight is 360 g/mol. The first-order valence-corrected chi connectivity index (χ1v) is 8.30. The number of amides is 2. The maximum atomic E-state index is 12.2. The molecule has 4 aromatic rings. The third-order valence-electron chi connectivity index (χ3n) is 3.97. The highest BCUT2D eigenvalue weighted by molar-refractivity contribution is 5.98. The van der Waals surface area contributed by atoms with Gasteiger partial charge in [-0.25, -0.2) is 9.50 Å². The van der Waals surface area contributed by atoms with Crippen molar-refractivity contribution >= 4 is 23.0 Å². The maximum absolute atomic E-state index is 12.2. The summed E-state index contributed by atoms with van der Waals surface area (Å²) in [5.74, 6) is -0.716. The van der Waals surface area contributed by atoms with E-state index < -0.39 is 5.91 Å². The number of pyridine rings is 1. The van der Waals surface area contributed by atoms with Crippen LogP contribution in [0.25, 0.3) is 11.2 Å². The molecule has 0 fully saturated rings. The average Bonchev–Trinajstić information content (AvgIpc) is 3.36. The van der Waals surface area contributed by atoms with Gasteiger partial charge in [-0.15, -0.1) is 0 Å². The molecule has 0 aliphatic rings. The highest BCUT2D eigenvalue weighted by atomic mass is 16.2. The molecule has 3 aromatic heterocycles. The minimum atomic E-state index is -0.399. The molecule has 0 aliphatic heterocycles. The summed E-state index contributed by atoms with van der Waals surface area (Å²) >= 11 is 0. The fourth-order valence-corrected chi connectivity index (χ4v) is 2.63. The van der Waals surface area contributed by atoms with E-state index in [2.05, 4.69) is 20.7 Å².